The van der Waals surface area contributed by atoms with Crippen molar-refractivity contribution in [1.29, 1.82) is 0 Å². The minimum absolute atomic E-state index is 0.0151. The van der Waals surface area contributed by atoms with Gasteiger partial charge in [-0.3, -0.25) is 14.4 Å². The van der Waals surface area contributed by atoms with Gasteiger partial charge in [-0.25, -0.2) is 4.79 Å². The van der Waals surface area contributed by atoms with Gasteiger partial charge in [-0.2, -0.15) is 0 Å². The molecule has 5 fully saturated rings. The Hall–Kier alpha value is -2.61. The third kappa shape index (κ3) is 5.32. The van der Waals surface area contributed by atoms with Gasteiger partial charge < -0.3 is 14.7 Å². The van der Waals surface area contributed by atoms with Crippen LogP contribution in [0, 0.1) is 17.8 Å². The van der Waals surface area contributed by atoms with Crippen LogP contribution in [0.1, 0.15) is 56.9 Å². The Balaban J connectivity index is 1.09. The lowest BCUT2D eigenvalue weighted by Crippen LogP contribution is -2.59. The van der Waals surface area contributed by atoms with Crippen molar-refractivity contribution in [3.8, 4) is 5.75 Å². The van der Waals surface area contributed by atoms with Crippen LogP contribution >= 0.6 is 0 Å². The highest BCUT2D eigenvalue weighted by atomic mass is 16.7. The van der Waals surface area contributed by atoms with Gasteiger partial charge >= 0.3 is 11.9 Å². The minimum atomic E-state index is -1.03. The van der Waals surface area contributed by atoms with E-state index in [1.54, 1.807) is 11.9 Å². The zero-order valence-electron chi connectivity index (χ0n) is 20.6. The van der Waals surface area contributed by atoms with Crippen molar-refractivity contribution in [2.45, 2.75) is 56.8 Å². The van der Waals surface area contributed by atoms with E-state index >= 15 is 0 Å². The average molecular weight is 486 g/mol. The van der Waals surface area contributed by atoms with Gasteiger partial charge in [0.05, 0.1) is 25.9 Å². The summed E-state index contributed by atoms with van der Waals surface area (Å²) in [5.74, 6) is 1.81. The van der Waals surface area contributed by atoms with E-state index in [0.717, 1.165) is 23.5 Å². The third-order valence-electron chi connectivity index (χ3n) is 8.77. The van der Waals surface area contributed by atoms with Crippen LogP contribution in [0.5, 0.6) is 5.75 Å². The monoisotopic (exact) mass is 485 g/mol. The van der Waals surface area contributed by atoms with Crippen LogP contribution < -0.4 is 4.74 Å². The van der Waals surface area contributed by atoms with E-state index in [0.29, 0.717) is 31.6 Å². The van der Waals surface area contributed by atoms with Crippen molar-refractivity contribution >= 4 is 17.8 Å². The number of quaternary nitrogens is 1. The van der Waals surface area contributed by atoms with Gasteiger partial charge in [0.25, 0.3) is 5.91 Å². The average Bonchev–Trinajstić information content (AvgIpc) is 2.81. The Morgan fingerprint density at radius 3 is 2.09 bits per heavy atom. The molecular weight excluding hydrogens is 448 g/mol. The second kappa shape index (κ2) is 9.45. The molecule has 0 radical (unpaired) electrons. The number of benzene rings is 1. The number of nitrogens with zero attached hydrogens (tertiary/aromatic N) is 2. The predicted octanol–water partition coefficient (Wildman–Crippen LogP) is 3.15. The van der Waals surface area contributed by atoms with Gasteiger partial charge in [0, 0.05) is 0 Å². The van der Waals surface area contributed by atoms with Gasteiger partial charge in [-0.15, -0.1) is 4.65 Å². The molecule has 4 bridgehead atoms. The van der Waals surface area contributed by atoms with Crippen molar-refractivity contribution in [2.75, 3.05) is 39.8 Å². The number of amides is 1. The number of hydrogen-bond acceptors (Lipinski definition) is 5. The van der Waals surface area contributed by atoms with Crippen LogP contribution in [-0.4, -0.2) is 72.3 Å². The number of piperazine rings is 1. The lowest BCUT2D eigenvalue weighted by Gasteiger charge is -2.57. The van der Waals surface area contributed by atoms with E-state index in [4.69, 9.17) is 14.7 Å². The van der Waals surface area contributed by atoms with Crippen LogP contribution in [0.15, 0.2) is 24.3 Å². The lowest BCUT2D eigenvalue weighted by atomic mass is 9.48. The van der Waals surface area contributed by atoms with Crippen LogP contribution in [0.2, 0.25) is 0 Å². The summed E-state index contributed by atoms with van der Waals surface area (Å²) in [5.41, 5.74) is 1.81. The van der Waals surface area contributed by atoms with Crippen LogP contribution in [0.3, 0.4) is 0 Å². The molecule has 8 heteroatoms. The Kier molecular flexibility index (Phi) is 6.51. The van der Waals surface area contributed by atoms with E-state index < -0.39 is 11.9 Å². The summed E-state index contributed by atoms with van der Waals surface area (Å²) in [5, 5.41) is 8.71. The maximum absolute atomic E-state index is 12.7. The summed E-state index contributed by atoms with van der Waals surface area (Å²) in [7, 11) is 1.78. The van der Waals surface area contributed by atoms with Crippen LogP contribution in [0.25, 0.3) is 0 Å². The number of carbonyl (C=O) groups excluding carboxylic acids is 2. The largest absolute Gasteiger partial charge is 0.484 e. The molecule has 5 aliphatic rings. The molecule has 0 atom stereocenters. The number of likely N-dealkylation sites (N-methyl/N-ethyl adjacent to an activating group) is 1. The van der Waals surface area contributed by atoms with Crippen molar-refractivity contribution < 1.29 is 33.7 Å². The second-order valence-corrected chi connectivity index (χ2v) is 11.5. The summed E-state index contributed by atoms with van der Waals surface area (Å²) in [6, 6.07) is 8.47. The van der Waals surface area contributed by atoms with Crippen LogP contribution in [0.4, 0.5) is 0 Å². The molecule has 0 spiro atoms. The maximum atomic E-state index is 12.7. The van der Waals surface area contributed by atoms with E-state index in [2.05, 4.69) is 12.1 Å². The Labute approximate surface area is 206 Å². The van der Waals surface area contributed by atoms with E-state index in [-0.39, 0.29) is 30.0 Å². The molecule has 1 aromatic carbocycles. The highest BCUT2D eigenvalue weighted by Crippen LogP contribution is 2.60. The molecule has 1 N–H and O–H groups in total. The number of rotatable bonds is 8. The molecule has 4 saturated carbocycles. The first-order valence-corrected chi connectivity index (χ1v) is 13.0. The topological polar surface area (TPSA) is 93.1 Å². The number of hydrogen-bond donors (Lipinski definition) is 1. The second-order valence-electron chi connectivity index (χ2n) is 11.5. The molecular formula is C27H37N2O6+. The number of carboxylic acids is 1. The molecule has 1 heterocycles. The fraction of sp³-hybridized carbons (Fsp3) is 0.667. The number of ether oxygens (including phenoxy) is 1. The summed E-state index contributed by atoms with van der Waals surface area (Å²) >= 11 is 0. The fourth-order valence-corrected chi connectivity index (χ4v) is 7.33. The Morgan fingerprint density at radius 2 is 1.54 bits per heavy atom. The summed E-state index contributed by atoms with van der Waals surface area (Å²) in [6.07, 6.45) is 7.90. The molecule has 0 unspecified atom stereocenters. The number of aliphatic carboxylic acids is 1. The van der Waals surface area contributed by atoms with Crippen molar-refractivity contribution in [3.63, 3.8) is 0 Å². The first-order valence-electron chi connectivity index (χ1n) is 13.0. The third-order valence-corrected chi connectivity index (χ3v) is 8.77. The first-order chi connectivity index (χ1) is 16.7. The molecule has 1 aliphatic heterocycles. The first kappa shape index (κ1) is 24.1. The van der Waals surface area contributed by atoms with Crippen molar-refractivity contribution in [2.24, 2.45) is 17.8 Å². The molecule has 35 heavy (non-hydrogen) atoms. The SMILES string of the molecule is C[N+]1(OC(=O)CCC(=O)O)CCN(C(=O)COc2ccc(C34CC5CC(CC(C5)C3)C4)cc2)CC1. The Bertz CT molecular complexity index is 931. The molecule has 4 aliphatic carbocycles. The van der Waals surface area contributed by atoms with Crippen molar-refractivity contribution in [3.05, 3.63) is 29.8 Å². The number of carboxylic acid groups (broad SMARTS) is 1. The van der Waals surface area contributed by atoms with Gasteiger partial charge in [-0.1, -0.05) is 12.1 Å². The molecule has 0 aromatic heterocycles. The molecule has 1 saturated heterocycles. The fourth-order valence-electron chi connectivity index (χ4n) is 7.33. The predicted molar refractivity (Wildman–Crippen MR) is 127 cm³/mol. The molecule has 1 aromatic rings. The number of carbonyl (C=O) groups is 3. The minimum Gasteiger partial charge on any atom is -0.484 e. The highest BCUT2D eigenvalue weighted by molar-refractivity contribution is 5.78. The zero-order valence-corrected chi connectivity index (χ0v) is 20.6. The standard InChI is InChI=1S/C27H36N2O6/c1-29(35-26(33)7-6-25(31)32)10-8-28(9-11-29)24(30)18-34-23-4-2-22(3-5-23)27-15-19-12-20(16-27)14-21(13-19)17-27/h2-5,19-21H,6-18H2,1H3/p+1. The van der Waals surface area contributed by atoms with E-state index in [1.165, 1.54) is 44.1 Å². The van der Waals surface area contributed by atoms with Gasteiger partial charge in [0.15, 0.2) is 6.61 Å². The quantitative estimate of drug-likeness (QED) is 0.569. The van der Waals surface area contributed by atoms with E-state index in [1.807, 2.05) is 12.1 Å². The summed E-state index contributed by atoms with van der Waals surface area (Å²) in [6.45, 7) is 1.82. The van der Waals surface area contributed by atoms with Gasteiger partial charge in [0.1, 0.15) is 25.9 Å². The molecule has 1 amide bonds. The smallest absolute Gasteiger partial charge is 0.367 e. The Morgan fingerprint density at radius 1 is 0.971 bits per heavy atom. The lowest BCUT2D eigenvalue weighted by molar-refractivity contribution is -1.08. The summed E-state index contributed by atoms with van der Waals surface area (Å²) in [4.78, 5) is 42.4. The zero-order chi connectivity index (χ0) is 24.6. The highest BCUT2D eigenvalue weighted by Gasteiger charge is 2.51. The maximum Gasteiger partial charge on any atom is 0.367 e. The van der Waals surface area contributed by atoms with Crippen LogP contribution in [-0.2, 0) is 24.6 Å². The molecule has 190 valence electrons. The van der Waals surface area contributed by atoms with Gasteiger partial charge in [0.2, 0.25) is 0 Å². The number of hydroxylamine groups is 3. The van der Waals surface area contributed by atoms with Crippen molar-refractivity contribution in [1.82, 2.24) is 4.90 Å². The molecule has 8 nitrogen and oxygen atoms in total. The van der Waals surface area contributed by atoms with Gasteiger partial charge in [-0.05, 0) is 79.4 Å². The normalized spacial score (nSPS) is 30.7. The van der Waals surface area contributed by atoms with E-state index in [9.17, 15) is 14.4 Å². The molecule has 6 rings (SSSR count). The summed E-state index contributed by atoms with van der Waals surface area (Å²) < 4.78 is 5.88.